The van der Waals surface area contributed by atoms with E-state index in [9.17, 15) is 4.79 Å². The van der Waals surface area contributed by atoms with Crippen molar-refractivity contribution in [2.45, 2.75) is 77.7 Å². The Kier molecular flexibility index (Phi) is 8.11. The molecule has 1 rings (SSSR count). The minimum Gasteiger partial charge on any atom is -0.340 e. The van der Waals surface area contributed by atoms with Crippen molar-refractivity contribution in [2.75, 3.05) is 13.1 Å². The number of hydrogen-bond acceptors (Lipinski definition) is 2. The van der Waals surface area contributed by atoms with Gasteiger partial charge in [0.1, 0.15) is 0 Å². The largest absolute Gasteiger partial charge is 0.340 e. The second kappa shape index (κ2) is 9.35. The lowest BCUT2D eigenvalue weighted by Gasteiger charge is -2.32. The first kappa shape index (κ1) is 16.5. The molecule has 2 unspecified atom stereocenters. The van der Waals surface area contributed by atoms with Crippen LogP contribution in [0.2, 0.25) is 0 Å². The molecule has 112 valence electrons. The third-order valence-electron chi connectivity index (χ3n) is 4.48. The molecule has 19 heavy (non-hydrogen) atoms. The van der Waals surface area contributed by atoms with Crippen molar-refractivity contribution in [1.29, 1.82) is 0 Å². The summed E-state index contributed by atoms with van der Waals surface area (Å²) in [6.07, 6.45) is 10.4. The molecule has 1 amide bonds. The van der Waals surface area contributed by atoms with E-state index in [0.717, 1.165) is 32.4 Å². The summed E-state index contributed by atoms with van der Waals surface area (Å²) in [7, 11) is 0. The molecule has 3 nitrogen and oxygen atoms in total. The number of carbonyl (C=O) groups excluding carboxylic acids is 1. The predicted octanol–water partition coefficient (Wildman–Crippen LogP) is 3.32. The lowest BCUT2D eigenvalue weighted by Crippen LogP contribution is -2.44. The van der Waals surface area contributed by atoms with Crippen LogP contribution in [0.5, 0.6) is 0 Å². The zero-order valence-corrected chi connectivity index (χ0v) is 12.9. The molecule has 0 aromatic heterocycles. The average molecular weight is 268 g/mol. The molecule has 1 saturated carbocycles. The molecule has 0 bridgehead atoms. The maximum atomic E-state index is 12.3. The van der Waals surface area contributed by atoms with Crippen molar-refractivity contribution in [3.05, 3.63) is 0 Å². The molecular weight excluding hydrogens is 236 g/mol. The van der Waals surface area contributed by atoms with E-state index in [2.05, 4.69) is 18.7 Å². The van der Waals surface area contributed by atoms with E-state index in [1.54, 1.807) is 0 Å². The number of amides is 1. The first-order chi connectivity index (χ1) is 9.24. The molecule has 0 radical (unpaired) electrons. The molecule has 0 aliphatic heterocycles. The summed E-state index contributed by atoms with van der Waals surface area (Å²) in [5, 5.41) is 0. The maximum Gasteiger partial charge on any atom is 0.222 e. The van der Waals surface area contributed by atoms with Crippen LogP contribution in [0.1, 0.15) is 71.6 Å². The van der Waals surface area contributed by atoms with Gasteiger partial charge in [0.05, 0.1) is 0 Å². The predicted molar refractivity (Wildman–Crippen MR) is 80.9 cm³/mol. The lowest BCUT2D eigenvalue weighted by molar-refractivity contribution is -0.134. The smallest absolute Gasteiger partial charge is 0.222 e. The monoisotopic (exact) mass is 268 g/mol. The summed E-state index contributed by atoms with van der Waals surface area (Å²) in [5.41, 5.74) is 5.83. The molecule has 2 N–H and O–H groups in total. The normalized spacial score (nSPS) is 22.7. The second-order valence-electron chi connectivity index (χ2n) is 5.84. The number of nitrogens with zero attached hydrogens (tertiary/aromatic N) is 1. The van der Waals surface area contributed by atoms with Crippen LogP contribution in [0.15, 0.2) is 0 Å². The fraction of sp³-hybridized carbons (Fsp3) is 0.938. The fourth-order valence-corrected chi connectivity index (χ4v) is 3.32. The van der Waals surface area contributed by atoms with Crippen molar-refractivity contribution in [1.82, 2.24) is 4.90 Å². The molecule has 0 spiro atoms. The highest BCUT2D eigenvalue weighted by Gasteiger charge is 2.32. The summed E-state index contributed by atoms with van der Waals surface area (Å²) in [5.74, 6) is 0.883. The lowest BCUT2D eigenvalue weighted by atomic mass is 10.0. The van der Waals surface area contributed by atoms with E-state index in [4.69, 9.17) is 5.73 Å². The van der Waals surface area contributed by atoms with E-state index in [1.165, 1.54) is 38.5 Å². The van der Waals surface area contributed by atoms with Gasteiger partial charge in [-0.2, -0.15) is 0 Å². The molecule has 3 heteroatoms. The Morgan fingerprint density at radius 3 is 2.53 bits per heavy atom. The quantitative estimate of drug-likeness (QED) is 0.652. The minimum atomic E-state index is 0.351. The summed E-state index contributed by atoms with van der Waals surface area (Å²) >= 11 is 0. The Morgan fingerprint density at radius 1 is 1.16 bits per heavy atom. The number of unbranched alkanes of at least 4 members (excludes halogenated alkanes) is 4. The van der Waals surface area contributed by atoms with Crippen molar-refractivity contribution in [2.24, 2.45) is 11.7 Å². The number of rotatable bonds is 9. The van der Waals surface area contributed by atoms with Crippen LogP contribution in [0.25, 0.3) is 0 Å². The number of nitrogens with two attached hydrogens (primary N) is 1. The Hall–Kier alpha value is -0.570. The van der Waals surface area contributed by atoms with Gasteiger partial charge in [0.15, 0.2) is 0 Å². The summed E-state index contributed by atoms with van der Waals surface area (Å²) in [4.78, 5) is 14.4. The molecule has 0 aromatic carbocycles. The standard InChI is InChI=1S/C16H32N2O/c1-3-5-6-7-8-12-16(19)18(4-2)15-11-9-10-14(15)13-17/h14-15H,3-13,17H2,1-2H3. The Labute approximate surface area is 118 Å². The van der Waals surface area contributed by atoms with Gasteiger partial charge in [-0.1, -0.05) is 39.0 Å². The molecule has 0 aromatic rings. The Bertz CT molecular complexity index is 255. The van der Waals surface area contributed by atoms with Crippen molar-refractivity contribution < 1.29 is 4.79 Å². The summed E-state index contributed by atoms with van der Waals surface area (Å²) in [6, 6.07) is 0.415. The van der Waals surface area contributed by atoms with Gasteiger partial charge in [-0.3, -0.25) is 4.79 Å². The minimum absolute atomic E-state index is 0.351. The van der Waals surface area contributed by atoms with Crippen molar-refractivity contribution in [3.8, 4) is 0 Å². The molecular formula is C16H32N2O. The van der Waals surface area contributed by atoms with Crippen LogP contribution >= 0.6 is 0 Å². The summed E-state index contributed by atoms with van der Waals surface area (Å²) < 4.78 is 0. The molecule has 1 fully saturated rings. The number of carbonyl (C=O) groups is 1. The Balaban J connectivity index is 2.34. The maximum absolute atomic E-state index is 12.3. The molecule has 1 aliphatic rings. The van der Waals surface area contributed by atoms with Crippen LogP contribution in [0.3, 0.4) is 0 Å². The molecule has 0 saturated heterocycles. The van der Waals surface area contributed by atoms with Gasteiger partial charge >= 0.3 is 0 Å². The zero-order chi connectivity index (χ0) is 14.1. The fourth-order valence-electron chi connectivity index (χ4n) is 3.32. The SMILES string of the molecule is CCCCCCCC(=O)N(CC)C1CCCC1CN. The van der Waals surface area contributed by atoms with Gasteiger partial charge < -0.3 is 10.6 Å². The zero-order valence-electron chi connectivity index (χ0n) is 12.9. The third-order valence-corrected chi connectivity index (χ3v) is 4.48. The first-order valence-corrected chi connectivity index (χ1v) is 8.24. The highest BCUT2D eigenvalue weighted by atomic mass is 16.2. The first-order valence-electron chi connectivity index (χ1n) is 8.24. The molecule has 2 atom stereocenters. The van der Waals surface area contributed by atoms with Gasteiger partial charge in [-0.15, -0.1) is 0 Å². The molecule has 0 heterocycles. The highest BCUT2D eigenvalue weighted by molar-refractivity contribution is 5.76. The van der Waals surface area contributed by atoms with E-state index < -0.39 is 0 Å². The number of hydrogen-bond donors (Lipinski definition) is 1. The topological polar surface area (TPSA) is 46.3 Å². The van der Waals surface area contributed by atoms with E-state index in [-0.39, 0.29) is 0 Å². The van der Waals surface area contributed by atoms with E-state index >= 15 is 0 Å². The van der Waals surface area contributed by atoms with Gasteiger partial charge in [0.2, 0.25) is 5.91 Å². The van der Waals surface area contributed by atoms with Crippen LogP contribution in [0.4, 0.5) is 0 Å². The second-order valence-corrected chi connectivity index (χ2v) is 5.84. The van der Waals surface area contributed by atoms with Gasteiger partial charge in [0.25, 0.3) is 0 Å². The van der Waals surface area contributed by atoms with E-state index in [0.29, 0.717) is 17.9 Å². The average Bonchev–Trinajstić information content (AvgIpc) is 2.87. The van der Waals surface area contributed by atoms with Gasteiger partial charge in [-0.05, 0) is 38.6 Å². The third kappa shape index (κ3) is 5.13. The van der Waals surface area contributed by atoms with Crippen LogP contribution < -0.4 is 5.73 Å². The van der Waals surface area contributed by atoms with Crippen LogP contribution in [0, 0.1) is 5.92 Å². The van der Waals surface area contributed by atoms with Crippen molar-refractivity contribution >= 4 is 5.91 Å². The van der Waals surface area contributed by atoms with E-state index in [1.807, 2.05) is 0 Å². The van der Waals surface area contributed by atoms with Gasteiger partial charge in [-0.25, -0.2) is 0 Å². The van der Waals surface area contributed by atoms with Gasteiger partial charge in [0, 0.05) is 19.0 Å². The van der Waals surface area contributed by atoms with Crippen LogP contribution in [-0.4, -0.2) is 29.9 Å². The summed E-state index contributed by atoms with van der Waals surface area (Å²) in [6.45, 7) is 5.89. The van der Waals surface area contributed by atoms with Crippen molar-refractivity contribution in [3.63, 3.8) is 0 Å². The molecule has 1 aliphatic carbocycles. The van der Waals surface area contributed by atoms with Crippen LogP contribution in [-0.2, 0) is 4.79 Å². The Morgan fingerprint density at radius 2 is 1.89 bits per heavy atom. The highest BCUT2D eigenvalue weighted by Crippen LogP contribution is 2.29.